The van der Waals surface area contributed by atoms with Gasteiger partial charge in [-0.3, -0.25) is 9.78 Å². The number of hydrogen-bond acceptors (Lipinski definition) is 5. The molecule has 2 aromatic rings. The number of ether oxygens (including phenoxy) is 3. The molecule has 8 heteroatoms. The molecule has 1 aliphatic rings. The zero-order valence-corrected chi connectivity index (χ0v) is 15.7. The number of rotatable bonds is 4. The molecule has 0 atom stereocenters. The molecule has 1 aromatic carbocycles. The van der Waals surface area contributed by atoms with Crippen molar-refractivity contribution in [1.29, 1.82) is 0 Å². The standard InChI is InChI=1S/C18H17Cl2NO4.H2O/c1-23-16-5-4-11(17-18(16)25-7-3-2-6-24-17)15(22)8-12-13(19)9-21-10-14(12)20;/h4-5,9-10H,2-3,6-8H2,1H3;1H2. The van der Waals surface area contributed by atoms with E-state index in [1.54, 1.807) is 19.2 Å². The summed E-state index contributed by atoms with van der Waals surface area (Å²) in [5, 5.41) is 0.712. The van der Waals surface area contributed by atoms with Crippen LogP contribution in [0, 0.1) is 0 Å². The number of methoxy groups -OCH3 is 1. The Bertz CT molecular complexity index is 777. The van der Waals surface area contributed by atoms with Gasteiger partial charge in [0, 0.05) is 24.4 Å². The first-order chi connectivity index (χ1) is 12.1. The molecule has 0 amide bonds. The monoisotopic (exact) mass is 399 g/mol. The molecule has 1 aromatic heterocycles. The number of hydrogen-bond donors (Lipinski definition) is 0. The predicted octanol–water partition coefficient (Wildman–Crippen LogP) is 3.55. The van der Waals surface area contributed by atoms with Gasteiger partial charge in [-0.1, -0.05) is 23.2 Å². The van der Waals surface area contributed by atoms with E-state index in [0.29, 0.717) is 51.6 Å². The van der Waals surface area contributed by atoms with E-state index in [2.05, 4.69) is 4.98 Å². The van der Waals surface area contributed by atoms with Crippen LogP contribution in [-0.2, 0) is 6.42 Å². The normalized spacial score (nSPS) is 13.2. The van der Waals surface area contributed by atoms with Gasteiger partial charge in [-0.2, -0.15) is 0 Å². The number of halogens is 2. The fourth-order valence-corrected chi connectivity index (χ4v) is 3.12. The van der Waals surface area contributed by atoms with E-state index < -0.39 is 0 Å². The minimum Gasteiger partial charge on any atom is -0.493 e. The van der Waals surface area contributed by atoms with Gasteiger partial charge in [0.25, 0.3) is 0 Å². The van der Waals surface area contributed by atoms with Crippen molar-refractivity contribution in [3.63, 3.8) is 0 Å². The lowest BCUT2D eigenvalue weighted by molar-refractivity contribution is 0.0986. The molecule has 0 spiro atoms. The molecule has 0 fully saturated rings. The van der Waals surface area contributed by atoms with E-state index in [1.807, 2.05) is 0 Å². The summed E-state index contributed by atoms with van der Waals surface area (Å²) in [4.78, 5) is 16.8. The quantitative estimate of drug-likeness (QED) is 0.733. The summed E-state index contributed by atoms with van der Waals surface area (Å²) >= 11 is 12.2. The molecule has 140 valence electrons. The van der Waals surface area contributed by atoms with E-state index in [0.717, 1.165) is 12.8 Å². The van der Waals surface area contributed by atoms with Gasteiger partial charge in [0.05, 0.1) is 35.9 Å². The van der Waals surface area contributed by atoms with Gasteiger partial charge in [-0.15, -0.1) is 0 Å². The predicted molar refractivity (Wildman–Crippen MR) is 99.1 cm³/mol. The second kappa shape index (κ2) is 9.07. The van der Waals surface area contributed by atoms with Crippen LogP contribution in [0.4, 0.5) is 0 Å². The Morgan fingerprint density at radius 2 is 1.73 bits per heavy atom. The molecule has 3 rings (SSSR count). The Kier molecular flexibility index (Phi) is 7.08. The third kappa shape index (κ3) is 4.20. The minimum absolute atomic E-state index is 0. The lowest BCUT2D eigenvalue weighted by atomic mass is 10.0. The van der Waals surface area contributed by atoms with Crippen LogP contribution in [0.2, 0.25) is 10.0 Å². The number of benzene rings is 1. The Balaban J connectivity index is 0.00000243. The second-order valence-electron chi connectivity index (χ2n) is 5.56. The summed E-state index contributed by atoms with van der Waals surface area (Å²) < 4.78 is 16.9. The van der Waals surface area contributed by atoms with Crippen LogP contribution in [0.3, 0.4) is 0 Å². The van der Waals surface area contributed by atoms with Crippen LogP contribution in [0.15, 0.2) is 24.5 Å². The summed E-state index contributed by atoms with van der Waals surface area (Å²) in [5.41, 5.74) is 0.960. The summed E-state index contributed by atoms with van der Waals surface area (Å²) in [5.74, 6) is 1.23. The fraction of sp³-hybridized carbons (Fsp3) is 0.333. The summed E-state index contributed by atoms with van der Waals surface area (Å²) in [6.45, 7) is 1.06. The van der Waals surface area contributed by atoms with Gasteiger partial charge in [0.2, 0.25) is 5.75 Å². The number of ketones is 1. The molecule has 0 bridgehead atoms. The van der Waals surface area contributed by atoms with Gasteiger partial charge >= 0.3 is 0 Å². The molecular formula is C18H19Cl2NO5. The van der Waals surface area contributed by atoms with E-state index in [1.165, 1.54) is 12.4 Å². The third-order valence-electron chi connectivity index (χ3n) is 3.92. The first kappa shape index (κ1) is 20.3. The van der Waals surface area contributed by atoms with Gasteiger partial charge in [-0.05, 0) is 25.0 Å². The molecule has 2 heterocycles. The molecule has 0 unspecified atom stereocenters. The topological polar surface area (TPSA) is 89.2 Å². The fourth-order valence-electron chi connectivity index (χ4n) is 2.62. The highest BCUT2D eigenvalue weighted by atomic mass is 35.5. The van der Waals surface area contributed by atoms with Crippen molar-refractivity contribution in [3.8, 4) is 17.2 Å². The summed E-state index contributed by atoms with van der Waals surface area (Å²) in [6, 6.07) is 3.38. The van der Waals surface area contributed by atoms with Crippen molar-refractivity contribution in [3.05, 3.63) is 45.7 Å². The Morgan fingerprint density at radius 1 is 1.12 bits per heavy atom. The van der Waals surface area contributed by atoms with Gasteiger partial charge < -0.3 is 19.7 Å². The number of pyridine rings is 1. The van der Waals surface area contributed by atoms with Gasteiger partial charge in [-0.25, -0.2) is 0 Å². The van der Waals surface area contributed by atoms with Crippen LogP contribution in [-0.4, -0.2) is 36.6 Å². The largest absolute Gasteiger partial charge is 0.493 e. The smallest absolute Gasteiger partial charge is 0.204 e. The lowest BCUT2D eigenvalue weighted by Gasteiger charge is -2.21. The summed E-state index contributed by atoms with van der Waals surface area (Å²) in [7, 11) is 1.55. The van der Waals surface area contributed by atoms with Crippen LogP contribution >= 0.6 is 23.2 Å². The van der Waals surface area contributed by atoms with E-state index in [9.17, 15) is 4.79 Å². The Hall–Kier alpha value is -2.02. The molecule has 0 radical (unpaired) electrons. The maximum absolute atomic E-state index is 12.9. The van der Waals surface area contributed by atoms with Crippen LogP contribution in [0.25, 0.3) is 0 Å². The van der Waals surface area contributed by atoms with E-state index in [-0.39, 0.29) is 17.7 Å². The zero-order valence-electron chi connectivity index (χ0n) is 14.2. The molecule has 0 saturated heterocycles. The van der Waals surface area contributed by atoms with Crippen molar-refractivity contribution >= 4 is 29.0 Å². The van der Waals surface area contributed by atoms with Gasteiger partial charge in [0.1, 0.15) is 0 Å². The average Bonchev–Trinajstić information content (AvgIpc) is 2.57. The molecule has 2 N–H and O–H groups in total. The highest BCUT2D eigenvalue weighted by Gasteiger charge is 2.24. The maximum Gasteiger partial charge on any atom is 0.204 e. The molecule has 26 heavy (non-hydrogen) atoms. The number of carbonyl (C=O) groups is 1. The average molecular weight is 400 g/mol. The van der Waals surface area contributed by atoms with Crippen LogP contribution < -0.4 is 14.2 Å². The number of carbonyl (C=O) groups excluding carboxylic acids is 1. The van der Waals surface area contributed by atoms with E-state index >= 15 is 0 Å². The zero-order chi connectivity index (χ0) is 17.8. The van der Waals surface area contributed by atoms with Crippen molar-refractivity contribution in [2.75, 3.05) is 20.3 Å². The maximum atomic E-state index is 12.9. The number of Topliss-reactive ketones (excluding diaryl/α,β-unsaturated/α-hetero) is 1. The molecule has 6 nitrogen and oxygen atoms in total. The first-order valence-electron chi connectivity index (χ1n) is 7.89. The molecule has 0 saturated carbocycles. The van der Waals surface area contributed by atoms with Crippen LogP contribution in [0.1, 0.15) is 28.8 Å². The van der Waals surface area contributed by atoms with Gasteiger partial charge in [0.15, 0.2) is 17.3 Å². The van der Waals surface area contributed by atoms with E-state index in [4.69, 9.17) is 37.4 Å². The number of aromatic nitrogens is 1. The number of fused-ring (bicyclic) bond motifs is 1. The highest BCUT2D eigenvalue weighted by molar-refractivity contribution is 6.36. The molecule has 1 aliphatic heterocycles. The second-order valence-corrected chi connectivity index (χ2v) is 6.37. The Morgan fingerprint density at radius 3 is 2.35 bits per heavy atom. The van der Waals surface area contributed by atoms with Crippen molar-refractivity contribution < 1.29 is 24.5 Å². The first-order valence-corrected chi connectivity index (χ1v) is 8.65. The molecule has 0 aliphatic carbocycles. The van der Waals surface area contributed by atoms with Crippen LogP contribution in [0.5, 0.6) is 17.2 Å². The minimum atomic E-state index is -0.168. The number of nitrogens with zero attached hydrogens (tertiary/aromatic N) is 1. The third-order valence-corrected chi connectivity index (χ3v) is 4.57. The highest BCUT2D eigenvalue weighted by Crippen LogP contribution is 2.42. The lowest BCUT2D eigenvalue weighted by Crippen LogP contribution is -2.14. The van der Waals surface area contributed by atoms with Crippen molar-refractivity contribution in [2.45, 2.75) is 19.3 Å². The summed E-state index contributed by atoms with van der Waals surface area (Å²) in [6.07, 6.45) is 4.71. The van der Waals surface area contributed by atoms with Crippen molar-refractivity contribution in [1.82, 2.24) is 4.98 Å². The SMILES string of the molecule is COc1ccc(C(=O)Cc2c(Cl)cncc2Cl)c2c1OCCCCO2.O. The van der Waals surface area contributed by atoms with Crippen molar-refractivity contribution in [2.24, 2.45) is 0 Å². The molecular weight excluding hydrogens is 381 g/mol. The Labute approximate surface area is 161 Å².